The SMILES string of the molecule is CCC(=O)OC(Cl)(Cl)CCl. The van der Waals surface area contributed by atoms with Crippen LogP contribution in [0.4, 0.5) is 0 Å². The van der Waals surface area contributed by atoms with Gasteiger partial charge < -0.3 is 4.74 Å². The van der Waals surface area contributed by atoms with Gasteiger partial charge in [-0.05, 0) is 0 Å². The molecular weight excluding hydrogens is 198 g/mol. The lowest BCUT2D eigenvalue weighted by Crippen LogP contribution is -2.23. The fourth-order valence-corrected chi connectivity index (χ4v) is 0.493. The Morgan fingerprint density at radius 3 is 2.40 bits per heavy atom. The minimum absolute atomic E-state index is 0.137. The summed E-state index contributed by atoms with van der Waals surface area (Å²) >= 11 is 16.0. The lowest BCUT2D eigenvalue weighted by atomic mass is 10.5. The maximum Gasteiger partial charge on any atom is 0.308 e. The van der Waals surface area contributed by atoms with Gasteiger partial charge in [0.05, 0.1) is 5.88 Å². The molecule has 0 aromatic rings. The normalized spacial score (nSPS) is 11.2. The van der Waals surface area contributed by atoms with Crippen molar-refractivity contribution in [2.45, 2.75) is 17.9 Å². The fraction of sp³-hybridized carbons (Fsp3) is 0.800. The van der Waals surface area contributed by atoms with Crippen LogP contribution < -0.4 is 0 Å². The molecule has 0 saturated heterocycles. The first-order valence-corrected chi connectivity index (χ1v) is 3.96. The molecule has 0 aliphatic carbocycles. The van der Waals surface area contributed by atoms with E-state index in [-0.39, 0.29) is 12.3 Å². The number of hydrogen-bond acceptors (Lipinski definition) is 2. The summed E-state index contributed by atoms with van der Waals surface area (Å²) in [5.74, 6) is -0.604. The summed E-state index contributed by atoms with van der Waals surface area (Å²) in [4.78, 5) is 10.5. The van der Waals surface area contributed by atoms with Gasteiger partial charge in [0, 0.05) is 6.42 Å². The molecule has 2 nitrogen and oxygen atoms in total. The first-order valence-electron chi connectivity index (χ1n) is 2.67. The van der Waals surface area contributed by atoms with Crippen molar-refractivity contribution in [3.05, 3.63) is 0 Å². The van der Waals surface area contributed by atoms with Gasteiger partial charge in [0.1, 0.15) is 0 Å². The summed E-state index contributed by atoms with van der Waals surface area (Å²) in [6.45, 7) is 1.64. The highest BCUT2D eigenvalue weighted by atomic mass is 35.5. The fourth-order valence-electron chi connectivity index (χ4n) is 0.266. The number of carbonyl (C=O) groups excluding carboxylic acids is 1. The van der Waals surface area contributed by atoms with E-state index in [1.807, 2.05) is 0 Å². The molecule has 5 heteroatoms. The number of alkyl halides is 3. The molecule has 10 heavy (non-hydrogen) atoms. The number of carbonyl (C=O) groups is 1. The van der Waals surface area contributed by atoms with E-state index < -0.39 is 10.5 Å². The average molecular weight is 205 g/mol. The predicted octanol–water partition coefficient (Wildman–Crippen LogP) is 2.31. The second-order valence-electron chi connectivity index (χ2n) is 1.60. The second-order valence-corrected chi connectivity index (χ2v) is 3.28. The molecule has 0 bridgehead atoms. The second kappa shape index (κ2) is 4.27. The van der Waals surface area contributed by atoms with Crippen molar-refractivity contribution in [2.24, 2.45) is 0 Å². The molecule has 0 N–H and O–H groups in total. The highest BCUT2D eigenvalue weighted by molar-refractivity contribution is 6.50. The number of rotatable bonds is 3. The molecule has 0 radical (unpaired) electrons. The molecule has 0 aromatic carbocycles. The number of esters is 1. The molecule has 0 rings (SSSR count). The molecule has 0 amide bonds. The molecule has 60 valence electrons. The Hall–Kier alpha value is 0.340. The standard InChI is InChI=1S/C5H7Cl3O2/c1-2-4(9)10-5(7,8)3-6/h2-3H2,1H3. The lowest BCUT2D eigenvalue weighted by molar-refractivity contribution is -0.146. The first-order chi connectivity index (χ1) is 4.52. The molecule has 0 aliphatic heterocycles. The van der Waals surface area contributed by atoms with E-state index in [9.17, 15) is 4.79 Å². The third-order valence-electron chi connectivity index (χ3n) is 0.707. The Balaban J connectivity index is 3.76. The Kier molecular flexibility index (Phi) is 4.41. The van der Waals surface area contributed by atoms with Gasteiger partial charge in [-0.25, -0.2) is 0 Å². The number of halogens is 3. The van der Waals surface area contributed by atoms with E-state index in [1.165, 1.54) is 0 Å². The zero-order valence-electron chi connectivity index (χ0n) is 5.36. The van der Waals surface area contributed by atoms with Crippen molar-refractivity contribution in [3.63, 3.8) is 0 Å². The largest absolute Gasteiger partial charge is 0.427 e. The van der Waals surface area contributed by atoms with E-state index in [0.29, 0.717) is 0 Å². The highest BCUT2D eigenvalue weighted by Gasteiger charge is 2.26. The van der Waals surface area contributed by atoms with Crippen molar-refractivity contribution in [3.8, 4) is 0 Å². The average Bonchev–Trinajstić information content (AvgIpc) is 1.87. The molecule has 0 aromatic heterocycles. The summed E-state index contributed by atoms with van der Waals surface area (Å²) in [6.07, 6.45) is 0.234. The van der Waals surface area contributed by atoms with Crippen LogP contribution in [0.1, 0.15) is 13.3 Å². The van der Waals surface area contributed by atoms with Crippen LogP contribution in [0.3, 0.4) is 0 Å². The highest BCUT2D eigenvalue weighted by Crippen LogP contribution is 2.24. The molecule has 0 spiro atoms. The van der Waals surface area contributed by atoms with Crippen LogP contribution >= 0.6 is 34.8 Å². The van der Waals surface area contributed by atoms with Crippen LogP contribution in [0.25, 0.3) is 0 Å². The monoisotopic (exact) mass is 204 g/mol. The van der Waals surface area contributed by atoms with E-state index in [0.717, 1.165) is 0 Å². The van der Waals surface area contributed by atoms with Crippen molar-refractivity contribution in [1.82, 2.24) is 0 Å². The van der Waals surface area contributed by atoms with Crippen molar-refractivity contribution >= 4 is 40.8 Å². The Labute approximate surface area is 74.4 Å². The van der Waals surface area contributed by atoms with Crippen LogP contribution in [-0.4, -0.2) is 16.4 Å². The van der Waals surface area contributed by atoms with Crippen molar-refractivity contribution < 1.29 is 9.53 Å². The maximum atomic E-state index is 10.5. The van der Waals surface area contributed by atoms with Crippen molar-refractivity contribution in [1.29, 1.82) is 0 Å². The van der Waals surface area contributed by atoms with E-state index in [1.54, 1.807) is 6.92 Å². The van der Waals surface area contributed by atoms with E-state index >= 15 is 0 Å². The molecule has 0 aliphatic rings. The first kappa shape index (κ1) is 10.3. The van der Waals surface area contributed by atoms with Gasteiger partial charge >= 0.3 is 5.97 Å². The lowest BCUT2D eigenvalue weighted by Gasteiger charge is -2.15. The minimum atomic E-state index is -1.57. The Morgan fingerprint density at radius 2 is 2.10 bits per heavy atom. The number of ether oxygens (including phenoxy) is 1. The Morgan fingerprint density at radius 1 is 1.60 bits per heavy atom. The zero-order chi connectivity index (χ0) is 8.20. The molecule has 0 fully saturated rings. The smallest absolute Gasteiger partial charge is 0.308 e. The van der Waals surface area contributed by atoms with Gasteiger partial charge in [-0.1, -0.05) is 30.1 Å². The number of hydrogen-bond donors (Lipinski definition) is 0. The molecule has 0 unspecified atom stereocenters. The summed E-state index contributed by atoms with van der Waals surface area (Å²) in [7, 11) is 0. The summed E-state index contributed by atoms with van der Waals surface area (Å²) in [6, 6.07) is 0. The molecule has 0 atom stereocenters. The third-order valence-corrected chi connectivity index (χ3v) is 1.78. The van der Waals surface area contributed by atoms with E-state index in [4.69, 9.17) is 34.8 Å². The minimum Gasteiger partial charge on any atom is -0.427 e. The van der Waals surface area contributed by atoms with Crippen LogP contribution in [0.5, 0.6) is 0 Å². The topological polar surface area (TPSA) is 26.3 Å². The quantitative estimate of drug-likeness (QED) is 0.522. The summed E-state index contributed by atoms with van der Waals surface area (Å²) in [5.41, 5.74) is 0. The Bertz CT molecular complexity index is 124. The van der Waals surface area contributed by atoms with E-state index in [2.05, 4.69) is 4.74 Å². The maximum absolute atomic E-state index is 10.5. The third kappa shape index (κ3) is 4.20. The van der Waals surface area contributed by atoms with Crippen LogP contribution in [0.15, 0.2) is 0 Å². The summed E-state index contributed by atoms with van der Waals surface area (Å²) in [5, 5.41) is 0. The van der Waals surface area contributed by atoms with Gasteiger partial charge in [-0.2, -0.15) is 0 Å². The van der Waals surface area contributed by atoms with Crippen LogP contribution in [0.2, 0.25) is 0 Å². The van der Waals surface area contributed by atoms with Crippen LogP contribution in [-0.2, 0) is 9.53 Å². The van der Waals surface area contributed by atoms with Gasteiger partial charge in [-0.3, -0.25) is 4.79 Å². The molecule has 0 saturated carbocycles. The van der Waals surface area contributed by atoms with Gasteiger partial charge in [0.15, 0.2) is 0 Å². The molecular formula is C5H7Cl3O2. The van der Waals surface area contributed by atoms with Gasteiger partial charge in [0.25, 0.3) is 4.52 Å². The molecule has 0 heterocycles. The summed E-state index contributed by atoms with van der Waals surface area (Å²) < 4.78 is 2.92. The van der Waals surface area contributed by atoms with Crippen LogP contribution in [0, 0.1) is 0 Å². The van der Waals surface area contributed by atoms with Gasteiger partial charge in [-0.15, -0.1) is 11.6 Å². The van der Waals surface area contributed by atoms with Gasteiger partial charge in [0.2, 0.25) is 0 Å². The van der Waals surface area contributed by atoms with Crippen molar-refractivity contribution in [2.75, 3.05) is 5.88 Å². The predicted molar refractivity (Wildman–Crippen MR) is 41.5 cm³/mol. The zero-order valence-corrected chi connectivity index (χ0v) is 7.63.